The molecule has 0 aliphatic carbocycles. The highest BCUT2D eigenvalue weighted by molar-refractivity contribution is 14.0. The minimum Gasteiger partial charge on any atom is -0.494 e. The molecule has 0 amide bonds. The maximum absolute atomic E-state index is 5.67. The lowest BCUT2D eigenvalue weighted by Gasteiger charge is -2.38. The van der Waals surface area contributed by atoms with Gasteiger partial charge in [-0.2, -0.15) is 0 Å². The second-order valence-corrected chi connectivity index (χ2v) is 8.10. The first kappa shape index (κ1) is 25.2. The first-order valence-corrected chi connectivity index (χ1v) is 11.2. The number of benzene rings is 1. The van der Waals surface area contributed by atoms with Gasteiger partial charge in [-0.15, -0.1) is 24.0 Å². The molecule has 3 rings (SSSR count). The lowest BCUT2D eigenvalue weighted by Crippen LogP contribution is -2.49. The molecule has 0 radical (unpaired) electrons. The number of nitrogens with zero attached hydrogens (tertiary/aromatic N) is 2. The van der Waals surface area contributed by atoms with Crippen LogP contribution in [0.4, 0.5) is 0 Å². The van der Waals surface area contributed by atoms with Crippen molar-refractivity contribution in [1.29, 1.82) is 0 Å². The predicted octanol–water partition coefficient (Wildman–Crippen LogP) is 3.40. The Bertz CT molecular complexity index is 627. The van der Waals surface area contributed by atoms with Gasteiger partial charge in [-0.05, 0) is 63.4 Å². The van der Waals surface area contributed by atoms with Crippen LogP contribution in [0.25, 0.3) is 0 Å². The van der Waals surface area contributed by atoms with Crippen LogP contribution in [0, 0.1) is 0 Å². The van der Waals surface area contributed by atoms with E-state index in [1.807, 2.05) is 14.0 Å². The zero-order chi connectivity index (χ0) is 20.4. The smallest absolute Gasteiger partial charge is 0.191 e. The molecule has 1 aromatic carbocycles. The number of hydrogen-bond donors (Lipinski definition) is 2. The SMILES string of the molecule is CCOc1ccc(C2(CNC(=NC)NCCN3CCCCC3)CCOCC2)cc1.I. The second kappa shape index (κ2) is 13.4. The van der Waals surface area contributed by atoms with Crippen molar-refractivity contribution >= 4 is 29.9 Å². The molecular formula is C23H39IN4O2. The Hall–Kier alpha value is -1.06. The third-order valence-electron chi connectivity index (χ3n) is 6.21. The highest BCUT2D eigenvalue weighted by Gasteiger charge is 2.34. The summed E-state index contributed by atoms with van der Waals surface area (Å²) in [4.78, 5) is 6.99. The van der Waals surface area contributed by atoms with Gasteiger partial charge in [0.15, 0.2) is 5.96 Å². The van der Waals surface area contributed by atoms with Crippen LogP contribution in [0.2, 0.25) is 0 Å². The number of aliphatic imine (C=N–C) groups is 1. The van der Waals surface area contributed by atoms with E-state index in [1.54, 1.807) is 0 Å². The average Bonchev–Trinajstić information content (AvgIpc) is 2.78. The number of halogens is 1. The Morgan fingerprint density at radius 3 is 2.43 bits per heavy atom. The third-order valence-corrected chi connectivity index (χ3v) is 6.21. The van der Waals surface area contributed by atoms with E-state index in [4.69, 9.17) is 9.47 Å². The Labute approximate surface area is 199 Å². The highest BCUT2D eigenvalue weighted by Crippen LogP contribution is 2.35. The van der Waals surface area contributed by atoms with Crippen LogP contribution in [0.5, 0.6) is 5.75 Å². The van der Waals surface area contributed by atoms with Crippen LogP contribution >= 0.6 is 24.0 Å². The predicted molar refractivity (Wildman–Crippen MR) is 134 cm³/mol. The van der Waals surface area contributed by atoms with Crippen molar-refractivity contribution in [1.82, 2.24) is 15.5 Å². The molecule has 1 aromatic rings. The summed E-state index contributed by atoms with van der Waals surface area (Å²) < 4.78 is 11.3. The van der Waals surface area contributed by atoms with Crippen molar-refractivity contribution in [2.45, 2.75) is 44.4 Å². The summed E-state index contributed by atoms with van der Waals surface area (Å²) in [6, 6.07) is 8.60. The van der Waals surface area contributed by atoms with Crippen molar-refractivity contribution in [2.24, 2.45) is 4.99 Å². The van der Waals surface area contributed by atoms with E-state index in [-0.39, 0.29) is 29.4 Å². The Morgan fingerprint density at radius 1 is 1.10 bits per heavy atom. The third kappa shape index (κ3) is 7.27. The maximum atomic E-state index is 5.67. The van der Waals surface area contributed by atoms with E-state index in [0.717, 1.165) is 57.4 Å². The molecule has 30 heavy (non-hydrogen) atoms. The molecule has 2 aliphatic rings. The van der Waals surface area contributed by atoms with E-state index in [2.05, 4.69) is 44.8 Å². The molecule has 0 saturated carbocycles. The fourth-order valence-electron chi connectivity index (χ4n) is 4.39. The molecule has 0 spiro atoms. The second-order valence-electron chi connectivity index (χ2n) is 8.10. The monoisotopic (exact) mass is 530 g/mol. The molecule has 2 N–H and O–H groups in total. The van der Waals surface area contributed by atoms with Crippen molar-refractivity contribution in [3.05, 3.63) is 29.8 Å². The van der Waals surface area contributed by atoms with Gasteiger partial charge < -0.3 is 25.0 Å². The van der Waals surface area contributed by atoms with Crippen LogP contribution < -0.4 is 15.4 Å². The first-order chi connectivity index (χ1) is 14.3. The van der Waals surface area contributed by atoms with Gasteiger partial charge in [0.25, 0.3) is 0 Å². The minimum atomic E-state index is 0. The van der Waals surface area contributed by atoms with E-state index in [1.165, 1.54) is 37.9 Å². The zero-order valence-electron chi connectivity index (χ0n) is 18.6. The van der Waals surface area contributed by atoms with Gasteiger partial charge in [-0.25, -0.2) is 0 Å². The van der Waals surface area contributed by atoms with E-state index < -0.39 is 0 Å². The molecule has 6 nitrogen and oxygen atoms in total. The van der Waals surface area contributed by atoms with Gasteiger partial charge in [-0.3, -0.25) is 4.99 Å². The molecule has 0 bridgehead atoms. The average molecular weight is 530 g/mol. The minimum absolute atomic E-state index is 0. The van der Waals surface area contributed by atoms with Crippen LogP contribution in [-0.2, 0) is 10.2 Å². The van der Waals surface area contributed by atoms with Crippen LogP contribution in [0.15, 0.2) is 29.3 Å². The van der Waals surface area contributed by atoms with Crippen LogP contribution in [0.1, 0.15) is 44.6 Å². The number of hydrogen-bond acceptors (Lipinski definition) is 4. The number of guanidine groups is 1. The fraction of sp³-hybridized carbons (Fsp3) is 0.696. The van der Waals surface area contributed by atoms with E-state index in [0.29, 0.717) is 6.61 Å². The number of piperidine rings is 1. The summed E-state index contributed by atoms with van der Waals surface area (Å²) >= 11 is 0. The summed E-state index contributed by atoms with van der Waals surface area (Å²) in [6.07, 6.45) is 6.07. The largest absolute Gasteiger partial charge is 0.494 e. The first-order valence-electron chi connectivity index (χ1n) is 11.2. The number of rotatable bonds is 8. The Kier molecular flexibility index (Phi) is 11.2. The van der Waals surface area contributed by atoms with Gasteiger partial charge in [0, 0.05) is 45.3 Å². The number of likely N-dealkylation sites (tertiary alicyclic amines) is 1. The van der Waals surface area contributed by atoms with Crippen molar-refractivity contribution in [2.75, 3.05) is 59.6 Å². The summed E-state index contributed by atoms with van der Waals surface area (Å²) in [5, 5.41) is 7.09. The summed E-state index contributed by atoms with van der Waals surface area (Å²) in [6.45, 7) is 9.64. The van der Waals surface area contributed by atoms with E-state index in [9.17, 15) is 0 Å². The standard InChI is InChI=1S/C23H38N4O2.HI/c1-3-29-21-9-7-20(8-10-21)23(11-17-28-18-12-23)19-26-22(24-2)25-13-16-27-14-5-4-6-15-27;/h7-10H,3-6,11-19H2,1-2H3,(H2,24,25,26);1H. The summed E-state index contributed by atoms with van der Waals surface area (Å²) in [5.41, 5.74) is 1.41. The molecule has 0 atom stereocenters. The number of ether oxygens (including phenoxy) is 2. The highest BCUT2D eigenvalue weighted by atomic mass is 127. The molecule has 7 heteroatoms. The number of nitrogens with one attached hydrogen (secondary N) is 2. The van der Waals surface area contributed by atoms with Gasteiger partial charge in [-0.1, -0.05) is 18.6 Å². The lowest BCUT2D eigenvalue weighted by molar-refractivity contribution is 0.0513. The molecule has 170 valence electrons. The van der Waals surface area contributed by atoms with Crippen LogP contribution in [0.3, 0.4) is 0 Å². The Balaban J connectivity index is 0.00000320. The fourth-order valence-corrected chi connectivity index (χ4v) is 4.39. The maximum Gasteiger partial charge on any atom is 0.191 e. The van der Waals surface area contributed by atoms with Crippen LogP contribution in [-0.4, -0.2) is 70.5 Å². The van der Waals surface area contributed by atoms with E-state index >= 15 is 0 Å². The van der Waals surface area contributed by atoms with Crippen molar-refractivity contribution < 1.29 is 9.47 Å². The molecule has 2 heterocycles. The summed E-state index contributed by atoms with van der Waals surface area (Å²) in [5.74, 6) is 1.82. The molecule has 2 fully saturated rings. The zero-order valence-corrected chi connectivity index (χ0v) is 21.0. The normalized spacial score (nSPS) is 19.6. The molecule has 0 aromatic heterocycles. The summed E-state index contributed by atoms with van der Waals surface area (Å²) in [7, 11) is 1.85. The van der Waals surface area contributed by atoms with Crippen molar-refractivity contribution in [3.8, 4) is 5.75 Å². The molecular weight excluding hydrogens is 491 g/mol. The van der Waals surface area contributed by atoms with Crippen molar-refractivity contribution in [3.63, 3.8) is 0 Å². The molecule has 2 saturated heterocycles. The van der Waals surface area contributed by atoms with Gasteiger partial charge in [0.1, 0.15) is 5.75 Å². The van der Waals surface area contributed by atoms with Gasteiger partial charge in [0.05, 0.1) is 6.61 Å². The lowest BCUT2D eigenvalue weighted by atomic mass is 9.74. The molecule has 0 unspecified atom stereocenters. The van der Waals surface area contributed by atoms with Gasteiger partial charge >= 0.3 is 0 Å². The quantitative estimate of drug-likeness (QED) is 0.307. The van der Waals surface area contributed by atoms with Gasteiger partial charge in [0.2, 0.25) is 0 Å². The Morgan fingerprint density at radius 2 is 1.80 bits per heavy atom. The topological polar surface area (TPSA) is 58.1 Å². The molecule has 2 aliphatic heterocycles.